The molecular formula is C22H23FN2O5. The number of nitrogens with zero attached hydrogens (tertiary/aromatic N) is 2. The molecule has 1 aromatic heterocycles. The predicted octanol–water partition coefficient (Wildman–Crippen LogP) is 3.94. The molecule has 0 spiro atoms. The molecule has 8 heteroatoms. The minimum Gasteiger partial charge on any atom is -0.497 e. The summed E-state index contributed by atoms with van der Waals surface area (Å²) in [6, 6.07) is 11.5. The fourth-order valence-corrected chi connectivity index (χ4v) is 3.06. The van der Waals surface area contributed by atoms with E-state index in [9.17, 15) is 9.18 Å². The molecule has 0 N–H and O–H groups in total. The van der Waals surface area contributed by atoms with Crippen molar-refractivity contribution in [3.05, 3.63) is 59.5 Å². The molecule has 0 fully saturated rings. The molecule has 0 atom stereocenters. The second-order valence-corrected chi connectivity index (χ2v) is 6.31. The summed E-state index contributed by atoms with van der Waals surface area (Å²) in [4.78, 5) is 12.1. The van der Waals surface area contributed by atoms with Crippen LogP contribution in [0.2, 0.25) is 0 Å². The number of carbonyl (C=O) groups is 1. The predicted molar refractivity (Wildman–Crippen MR) is 109 cm³/mol. The maximum absolute atomic E-state index is 14.6. The first kappa shape index (κ1) is 21.2. The lowest BCUT2D eigenvalue weighted by Gasteiger charge is -2.14. The van der Waals surface area contributed by atoms with Gasteiger partial charge in [0.1, 0.15) is 23.1 Å². The van der Waals surface area contributed by atoms with Crippen molar-refractivity contribution in [2.24, 2.45) is 0 Å². The Hall–Kier alpha value is -3.55. The van der Waals surface area contributed by atoms with Crippen molar-refractivity contribution in [2.75, 3.05) is 27.9 Å². The van der Waals surface area contributed by atoms with Crippen molar-refractivity contribution in [3.8, 4) is 28.5 Å². The average molecular weight is 414 g/mol. The molecule has 0 saturated heterocycles. The smallest absolute Gasteiger partial charge is 0.358 e. The Kier molecular flexibility index (Phi) is 6.56. The molecule has 0 unspecified atom stereocenters. The number of hydrogen-bond donors (Lipinski definition) is 0. The van der Waals surface area contributed by atoms with E-state index < -0.39 is 11.8 Å². The first-order valence-corrected chi connectivity index (χ1v) is 9.30. The van der Waals surface area contributed by atoms with Crippen LogP contribution in [0.4, 0.5) is 4.39 Å². The lowest BCUT2D eigenvalue weighted by atomic mass is 10.1. The number of carbonyl (C=O) groups excluding carboxylic acids is 1. The van der Waals surface area contributed by atoms with E-state index in [-0.39, 0.29) is 12.2 Å². The third-order valence-electron chi connectivity index (χ3n) is 4.51. The van der Waals surface area contributed by atoms with E-state index in [4.69, 9.17) is 18.9 Å². The van der Waals surface area contributed by atoms with E-state index in [1.807, 2.05) is 6.92 Å². The number of rotatable bonds is 8. The second kappa shape index (κ2) is 9.30. The first-order chi connectivity index (χ1) is 14.5. The number of halogens is 1. The van der Waals surface area contributed by atoms with Gasteiger partial charge in [-0.25, -0.2) is 9.18 Å². The molecule has 0 amide bonds. The summed E-state index contributed by atoms with van der Waals surface area (Å²) in [5, 5.41) is 4.34. The summed E-state index contributed by atoms with van der Waals surface area (Å²) in [7, 11) is 4.37. The quantitative estimate of drug-likeness (QED) is 0.520. The van der Waals surface area contributed by atoms with Gasteiger partial charge < -0.3 is 18.9 Å². The van der Waals surface area contributed by atoms with Gasteiger partial charge in [-0.2, -0.15) is 5.10 Å². The fourth-order valence-electron chi connectivity index (χ4n) is 3.06. The topological polar surface area (TPSA) is 71.8 Å². The third kappa shape index (κ3) is 4.37. The van der Waals surface area contributed by atoms with Crippen LogP contribution in [0.15, 0.2) is 42.5 Å². The first-order valence-electron chi connectivity index (χ1n) is 9.30. The summed E-state index contributed by atoms with van der Waals surface area (Å²) in [5.74, 6) is 0.533. The van der Waals surface area contributed by atoms with Crippen molar-refractivity contribution < 1.29 is 28.1 Å². The Morgan fingerprint density at radius 1 is 1.07 bits per heavy atom. The summed E-state index contributed by atoms with van der Waals surface area (Å²) in [6.07, 6.45) is 0. The number of ether oxygens (including phenoxy) is 4. The van der Waals surface area contributed by atoms with E-state index in [1.165, 1.54) is 17.9 Å². The number of esters is 1. The van der Waals surface area contributed by atoms with E-state index in [1.54, 1.807) is 50.6 Å². The molecule has 0 aliphatic carbocycles. The van der Waals surface area contributed by atoms with Gasteiger partial charge in [0, 0.05) is 11.6 Å². The zero-order valence-corrected chi connectivity index (χ0v) is 17.3. The van der Waals surface area contributed by atoms with Crippen molar-refractivity contribution >= 4 is 5.97 Å². The SMILES string of the molecule is CCOc1cccc(F)c1Cn1nc(C(=O)OC)cc1-c1cc(OC)cc(OC)c1. The summed E-state index contributed by atoms with van der Waals surface area (Å²) >= 11 is 0. The van der Waals surface area contributed by atoms with Gasteiger partial charge in [0.15, 0.2) is 5.69 Å². The molecule has 7 nitrogen and oxygen atoms in total. The van der Waals surface area contributed by atoms with Crippen LogP contribution in [0.1, 0.15) is 23.0 Å². The zero-order chi connectivity index (χ0) is 21.7. The van der Waals surface area contributed by atoms with Crippen molar-refractivity contribution in [2.45, 2.75) is 13.5 Å². The normalized spacial score (nSPS) is 10.6. The van der Waals surface area contributed by atoms with Gasteiger partial charge >= 0.3 is 5.97 Å². The van der Waals surface area contributed by atoms with Crippen molar-refractivity contribution in [1.29, 1.82) is 0 Å². The van der Waals surface area contributed by atoms with Crippen LogP contribution >= 0.6 is 0 Å². The minimum absolute atomic E-state index is 0.0495. The van der Waals surface area contributed by atoms with Gasteiger partial charge in [-0.05, 0) is 37.3 Å². The minimum atomic E-state index is -0.594. The number of methoxy groups -OCH3 is 3. The van der Waals surface area contributed by atoms with E-state index in [0.717, 1.165) is 0 Å². The molecule has 0 radical (unpaired) electrons. The molecule has 3 rings (SSSR count). The molecule has 0 saturated carbocycles. The zero-order valence-electron chi connectivity index (χ0n) is 17.3. The van der Waals surface area contributed by atoms with Crippen LogP contribution in [0.25, 0.3) is 11.3 Å². The monoisotopic (exact) mass is 414 g/mol. The largest absolute Gasteiger partial charge is 0.497 e. The highest BCUT2D eigenvalue weighted by Gasteiger charge is 2.20. The Balaban J connectivity index is 2.14. The molecule has 0 aliphatic heterocycles. The summed E-state index contributed by atoms with van der Waals surface area (Å²) in [5.41, 5.74) is 1.68. The second-order valence-electron chi connectivity index (χ2n) is 6.31. The van der Waals surface area contributed by atoms with Crippen molar-refractivity contribution in [1.82, 2.24) is 9.78 Å². The highest BCUT2D eigenvalue weighted by Crippen LogP contribution is 2.32. The lowest BCUT2D eigenvalue weighted by Crippen LogP contribution is -2.10. The molecule has 0 aliphatic rings. The molecular weight excluding hydrogens is 391 g/mol. The Morgan fingerprint density at radius 3 is 2.37 bits per heavy atom. The Bertz CT molecular complexity index is 1030. The molecule has 158 valence electrons. The molecule has 0 bridgehead atoms. The van der Waals surface area contributed by atoms with Gasteiger partial charge in [0.2, 0.25) is 0 Å². The molecule has 30 heavy (non-hydrogen) atoms. The maximum Gasteiger partial charge on any atom is 0.358 e. The van der Waals surface area contributed by atoms with Gasteiger partial charge in [0.25, 0.3) is 0 Å². The van der Waals surface area contributed by atoms with Crippen molar-refractivity contribution in [3.63, 3.8) is 0 Å². The van der Waals surface area contributed by atoms with Gasteiger partial charge in [0.05, 0.1) is 45.7 Å². The maximum atomic E-state index is 14.6. The summed E-state index contributed by atoms with van der Waals surface area (Å²) in [6.45, 7) is 2.27. The van der Waals surface area contributed by atoms with Gasteiger partial charge in [-0.3, -0.25) is 4.68 Å². The van der Waals surface area contributed by atoms with E-state index in [0.29, 0.717) is 40.7 Å². The van der Waals surface area contributed by atoms with Gasteiger partial charge in [-0.1, -0.05) is 6.07 Å². The highest BCUT2D eigenvalue weighted by molar-refractivity contribution is 5.88. The van der Waals surface area contributed by atoms with Crippen LogP contribution in [-0.2, 0) is 11.3 Å². The molecule has 1 heterocycles. The number of benzene rings is 2. The Labute approximate surface area is 173 Å². The lowest BCUT2D eigenvalue weighted by molar-refractivity contribution is 0.0593. The van der Waals surface area contributed by atoms with E-state index in [2.05, 4.69) is 5.10 Å². The van der Waals surface area contributed by atoms with Crippen LogP contribution in [0.3, 0.4) is 0 Å². The third-order valence-corrected chi connectivity index (χ3v) is 4.51. The highest BCUT2D eigenvalue weighted by atomic mass is 19.1. The standard InChI is InChI=1S/C22H23FN2O5/c1-5-30-21-8-6-7-18(23)17(21)13-25-20(12-19(24-25)22(26)29-4)14-9-15(27-2)11-16(10-14)28-3/h6-12H,5,13H2,1-4H3. The summed E-state index contributed by atoms with van der Waals surface area (Å²) < 4.78 is 37.2. The van der Waals surface area contributed by atoms with Crippen LogP contribution in [0.5, 0.6) is 17.2 Å². The molecule has 2 aromatic carbocycles. The van der Waals surface area contributed by atoms with E-state index >= 15 is 0 Å². The number of hydrogen-bond acceptors (Lipinski definition) is 6. The van der Waals surface area contributed by atoms with Gasteiger partial charge in [-0.15, -0.1) is 0 Å². The van der Waals surface area contributed by atoms with Crippen LogP contribution in [0, 0.1) is 5.82 Å². The van der Waals surface area contributed by atoms with Crippen LogP contribution in [-0.4, -0.2) is 43.7 Å². The fraction of sp³-hybridized carbons (Fsp3) is 0.273. The number of aromatic nitrogens is 2. The van der Waals surface area contributed by atoms with Crippen LogP contribution < -0.4 is 14.2 Å². The Morgan fingerprint density at radius 2 is 1.77 bits per heavy atom. The average Bonchev–Trinajstić information content (AvgIpc) is 3.19. The molecule has 3 aromatic rings.